The van der Waals surface area contributed by atoms with Gasteiger partial charge in [-0.05, 0) is 25.2 Å². The molecule has 1 N–H and O–H groups in total. The zero-order valence-corrected chi connectivity index (χ0v) is 7.27. The molecule has 2 atom stereocenters. The molecule has 3 nitrogen and oxygen atoms in total. The number of imidazole rings is 1. The fourth-order valence-corrected chi connectivity index (χ4v) is 1.64. The standard InChI is InChI=1S/C9H14N2O/c1-11-6-10-5-8(11)4-7-2-3-9(7)12/h5-7,9,12H,2-4H2,1H3. The summed E-state index contributed by atoms with van der Waals surface area (Å²) in [6, 6.07) is 0. The van der Waals surface area contributed by atoms with Crippen molar-refractivity contribution in [1.29, 1.82) is 0 Å². The van der Waals surface area contributed by atoms with E-state index in [0.717, 1.165) is 19.3 Å². The number of hydrogen-bond donors (Lipinski definition) is 1. The van der Waals surface area contributed by atoms with Crippen molar-refractivity contribution in [3.63, 3.8) is 0 Å². The van der Waals surface area contributed by atoms with Crippen molar-refractivity contribution in [2.75, 3.05) is 0 Å². The van der Waals surface area contributed by atoms with Gasteiger partial charge in [0.2, 0.25) is 0 Å². The van der Waals surface area contributed by atoms with Gasteiger partial charge < -0.3 is 9.67 Å². The molecule has 0 aliphatic heterocycles. The number of nitrogens with zero attached hydrogens (tertiary/aromatic N) is 2. The second kappa shape index (κ2) is 2.90. The summed E-state index contributed by atoms with van der Waals surface area (Å²) in [5.41, 5.74) is 1.22. The summed E-state index contributed by atoms with van der Waals surface area (Å²) in [5.74, 6) is 0.473. The first kappa shape index (κ1) is 7.80. The monoisotopic (exact) mass is 166 g/mol. The third kappa shape index (κ3) is 1.25. The Hall–Kier alpha value is -0.830. The van der Waals surface area contributed by atoms with Gasteiger partial charge in [0.25, 0.3) is 0 Å². The van der Waals surface area contributed by atoms with Crippen molar-refractivity contribution in [3.8, 4) is 0 Å². The Morgan fingerprint density at radius 1 is 1.67 bits per heavy atom. The minimum atomic E-state index is -0.0695. The molecule has 2 rings (SSSR count). The van der Waals surface area contributed by atoms with Gasteiger partial charge in [-0.25, -0.2) is 4.98 Å². The maximum atomic E-state index is 9.37. The van der Waals surface area contributed by atoms with Crippen LogP contribution >= 0.6 is 0 Å². The SMILES string of the molecule is Cn1cncc1CC1CCC1O. The summed E-state index contributed by atoms with van der Waals surface area (Å²) >= 11 is 0. The van der Waals surface area contributed by atoms with Crippen LogP contribution in [0.4, 0.5) is 0 Å². The molecule has 1 fully saturated rings. The van der Waals surface area contributed by atoms with Gasteiger partial charge in [-0.15, -0.1) is 0 Å². The van der Waals surface area contributed by atoms with Crippen LogP contribution in [0.15, 0.2) is 12.5 Å². The summed E-state index contributed by atoms with van der Waals surface area (Å²) in [6.07, 6.45) is 6.72. The van der Waals surface area contributed by atoms with Crippen molar-refractivity contribution < 1.29 is 5.11 Å². The predicted molar refractivity (Wildman–Crippen MR) is 45.6 cm³/mol. The molecule has 66 valence electrons. The van der Waals surface area contributed by atoms with Crippen LogP contribution in [0.25, 0.3) is 0 Å². The Morgan fingerprint density at radius 2 is 2.50 bits per heavy atom. The van der Waals surface area contributed by atoms with Gasteiger partial charge in [0, 0.05) is 18.9 Å². The smallest absolute Gasteiger partial charge is 0.0945 e. The first-order valence-electron chi connectivity index (χ1n) is 4.40. The highest BCUT2D eigenvalue weighted by Crippen LogP contribution is 2.30. The minimum absolute atomic E-state index is 0.0695. The molecule has 0 spiro atoms. The molecule has 0 aromatic carbocycles. The number of aromatic nitrogens is 2. The van der Waals surface area contributed by atoms with Crippen LogP contribution < -0.4 is 0 Å². The van der Waals surface area contributed by atoms with E-state index in [4.69, 9.17) is 0 Å². The van der Waals surface area contributed by atoms with Crippen LogP contribution in [-0.2, 0) is 13.5 Å². The third-order valence-corrected chi connectivity index (χ3v) is 2.77. The number of aliphatic hydroxyl groups is 1. The highest BCUT2D eigenvalue weighted by molar-refractivity contribution is 5.01. The molecular formula is C9H14N2O. The second-order valence-corrected chi connectivity index (χ2v) is 3.60. The van der Waals surface area contributed by atoms with Gasteiger partial charge in [0.05, 0.1) is 12.4 Å². The zero-order chi connectivity index (χ0) is 8.55. The Labute approximate surface area is 72.0 Å². The van der Waals surface area contributed by atoms with E-state index in [2.05, 4.69) is 4.98 Å². The van der Waals surface area contributed by atoms with Crippen LogP contribution in [0.1, 0.15) is 18.5 Å². The third-order valence-electron chi connectivity index (χ3n) is 2.77. The van der Waals surface area contributed by atoms with E-state index in [1.54, 1.807) is 6.33 Å². The highest BCUT2D eigenvalue weighted by Gasteiger charge is 2.29. The van der Waals surface area contributed by atoms with Gasteiger partial charge in [-0.1, -0.05) is 0 Å². The highest BCUT2D eigenvalue weighted by atomic mass is 16.3. The molecule has 0 amide bonds. The summed E-state index contributed by atoms with van der Waals surface area (Å²) in [6.45, 7) is 0. The van der Waals surface area contributed by atoms with Crippen LogP contribution in [0.3, 0.4) is 0 Å². The predicted octanol–water partition coefficient (Wildman–Crippen LogP) is 0.733. The van der Waals surface area contributed by atoms with Gasteiger partial charge in [-0.3, -0.25) is 0 Å². The van der Waals surface area contributed by atoms with E-state index < -0.39 is 0 Å². The fourth-order valence-electron chi connectivity index (χ4n) is 1.64. The molecular weight excluding hydrogens is 152 g/mol. The van der Waals surface area contributed by atoms with E-state index >= 15 is 0 Å². The van der Waals surface area contributed by atoms with Crippen molar-refractivity contribution in [2.24, 2.45) is 13.0 Å². The molecule has 1 aliphatic carbocycles. The summed E-state index contributed by atoms with van der Waals surface area (Å²) in [4.78, 5) is 4.04. The summed E-state index contributed by atoms with van der Waals surface area (Å²) in [5, 5.41) is 9.37. The molecule has 1 saturated carbocycles. The normalized spacial score (nSPS) is 28.5. The van der Waals surface area contributed by atoms with Crippen LogP contribution in [0.2, 0.25) is 0 Å². The van der Waals surface area contributed by atoms with E-state index in [9.17, 15) is 5.11 Å². The topological polar surface area (TPSA) is 38.0 Å². The molecule has 1 aromatic rings. The quantitative estimate of drug-likeness (QED) is 0.703. The molecule has 1 heterocycles. The maximum Gasteiger partial charge on any atom is 0.0945 e. The average molecular weight is 166 g/mol. The lowest BCUT2D eigenvalue weighted by Gasteiger charge is -2.32. The van der Waals surface area contributed by atoms with Crippen LogP contribution in [0, 0.1) is 5.92 Å². The number of hydrogen-bond acceptors (Lipinski definition) is 2. The minimum Gasteiger partial charge on any atom is -0.393 e. The number of rotatable bonds is 2. The molecule has 1 aromatic heterocycles. The summed E-state index contributed by atoms with van der Waals surface area (Å²) in [7, 11) is 1.99. The molecule has 2 unspecified atom stereocenters. The Morgan fingerprint density at radius 3 is 2.92 bits per heavy atom. The Bertz CT molecular complexity index is 269. The van der Waals surface area contributed by atoms with Crippen LogP contribution in [-0.4, -0.2) is 20.8 Å². The molecule has 12 heavy (non-hydrogen) atoms. The Kier molecular flexibility index (Phi) is 1.89. The lowest BCUT2D eigenvalue weighted by molar-refractivity contribution is 0.0236. The van der Waals surface area contributed by atoms with E-state index in [1.807, 2.05) is 17.8 Å². The van der Waals surface area contributed by atoms with Crippen molar-refractivity contribution >= 4 is 0 Å². The van der Waals surface area contributed by atoms with E-state index in [1.165, 1.54) is 5.69 Å². The lowest BCUT2D eigenvalue weighted by atomic mass is 9.79. The van der Waals surface area contributed by atoms with Crippen LogP contribution in [0.5, 0.6) is 0 Å². The van der Waals surface area contributed by atoms with E-state index in [0.29, 0.717) is 5.92 Å². The molecule has 1 aliphatic rings. The largest absolute Gasteiger partial charge is 0.393 e. The van der Waals surface area contributed by atoms with Gasteiger partial charge >= 0.3 is 0 Å². The van der Waals surface area contributed by atoms with Crippen molar-refractivity contribution in [3.05, 3.63) is 18.2 Å². The first-order valence-corrected chi connectivity index (χ1v) is 4.40. The van der Waals surface area contributed by atoms with Gasteiger partial charge in [-0.2, -0.15) is 0 Å². The molecule has 3 heteroatoms. The zero-order valence-electron chi connectivity index (χ0n) is 7.27. The molecule has 0 radical (unpaired) electrons. The average Bonchev–Trinajstić information content (AvgIpc) is 2.44. The first-order chi connectivity index (χ1) is 5.77. The Balaban J connectivity index is 1.99. The molecule has 0 bridgehead atoms. The lowest BCUT2D eigenvalue weighted by Crippen LogP contribution is -2.33. The van der Waals surface area contributed by atoms with Gasteiger partial charge in [0.15, 0.2) is 0 Å². The van der Waals surface area contributed by atoms with Gasteiger partial charge in [0.1, 0.15) is 0 Å². The van der Waals surface area contributed by atoms with E-state index in [-0.39, 0.29) is 6.10 Å². The van der Waals surface area contributed by atoms with Crippen molar-refractivity contribution in [2.45, 2.75) is 25.4 Å². The second-order valence-electron chi connectivity index (χ2n) is 3.60. The number of aliphatic hydroxyl groups excluding tert-OH is 1. The fraction of sp³-hybridized carbons (Fsp3) is 0.667. The summed E-state index contributed by atoms with van der Waals surface area (Å²) < 4.78 is 2.02. The van der Waals surface area contributed by atoms with Crippen molar-refractivity contribution in [1.82, 2.24) is 9.55 Å². The number of aryl methyl sites for hydroxylation is 1. The molecule has 0 saturated heterocycles. The maximum absolute atomic E-state index is 9.37.